The Labute approximate surface area is 84.3 Å². The second-order valence-electron chi connectivity index (χ2n) is 4.43. The maximum Gasteiger partial charge on any atom is 0.219 e. The van der Waals surface area contributed by atoms with Gasteiger partial charge in [0.1, 0.15) is 5.25 Å². The van der Waals surface area contributed by atoms with Crippen LogP contribution in [0.5, 0.6) is 0 Å². The summed E-state index contributed by atoms with van der Waals surface area (Å²) in [6.07, 6.45) is 4.01. The summed E-state index contributed by atoms with van der Waals surface area (Å²) in [5.41, 5.74) is 0. The Hall–Kier alpha value is -0.130. The molecule has 0 amide bonds. The molecule has 0 radical (unpaired) electrons. The van der Waals surface area contributed by atoms with E-state index >= 15 is 0 Å². The lowest BCUT2D eigenvalue weighted by atomic mass is 10.3. The Kier molecular flexibility index (Phi) is 1.91. The molecule has 1 saturated carbocycles. The van der Waals surface area contributed by atoms with Gasteiger partial charge in [-0.2, -0.15) is 4.31 Å². The van der Waals surface area contributed by atoms with Crippen molar-refractivity contribution in [1.29, 1.82) is 0 Å². The fourth-order valence-electron chi connectivity index (χ4n) is 2.78. The van der Waals surface area contributed by atoms with Crippen molar-refractivity contribution in [3.63, 3.8) is 0 Å². The van der Waals surface area contributed by atoms with Crippen LogP contribution in [-0.4, -0.2) is 43.3 Å². The molecule has 3 atom stereocenters. The van der Waals surface area contributed by atoms with Gasteiger partial charge in [-0.3, -0.25) is 0 Å². The van der Waals surface area contributed by atoms with Crippen molar-refractivity contribution in [2.45, 2.75) is 43.0 Å². The maximum atomic E-state index is 12.1. The molecule has 3 fully saturated rings. The second-order valence-corrected chi connectivity index (χ2v) is 6.54. The monoisotopic (exact) mass is 217 g/mol. The minimum Gasteiger partial charge on any atom is -0.380 e. The normalized spacial score (nSPS) is 46.6. The van der Waals surface area contributed by atoms with E-state index in [0.29, 0.717) is 31.7 Å². The molecule has 0 aromatic heterocycles. The molecule has 2 heterocycles. The predicted octanol–water partition coefficient (Wildman–Crippen LogP) is 0.342. The summed E-state index contributed by atoms with van der Waals surface area (Å²) in [6, 6.07) is 0.696. The van der Waals surface area contributed by atoms with Crippen LogP contribution in [0.3, 0.4) is 0 Å². The van der Waals surface area contributed by atoms with Gasteiger partial charge in [-0.05, 0) is 19.3 Å². The van der Waals surface area contributed by atoms with Gasteiger partial charge in [0, 0.05) is 18.7 Å². The summed E-state index contributed by atoms with van der Waals surface area (Å²) in [6.45, 7) is 1.01. The molecule has 5 heteroatoms. The van der Waals surface area contributed by atoms with Crippen LogP contribution in [0.2, 0.25) is 0 Å². The van der Waals surface area contributed by atoms with Gasteiger partial charge in [0.05, 0.1) is 6.61 Å². The van der Waals surface area contributed by atoms with E-state index < -0.39 is 10.0 Å². The lowest BCUT2D eigenvalue weighted by Gasteiger charge is -2.13. The molecule has 4 nitrogen and oxygen atoms in total. The number of fused-ring (bicyclic) bond motifs is 1. The number of sulfonamides is 1. The summed E-state index contributed by atoms with van der Waals surface area (Å²) in [7, 11) is -3.02. The zero-order chi connectivity index (χ0) is 9.76. The number of hydrogen-bond donors (Lipinski definition) is 0. The molecule has 3 unspecified atom stereocenters. The summed E-state index contributed by atoms with van der Waals surface area (Å²) >= 11 is 0. The first-order chi connectivity index (χ1) is 6.71. The Morgan fingerprint density at radius 2 is 1.86 bits per heavy atom. The number of piperidine rings is 1. The van der Waals surface area contributed by atoms with Crippen LogP contribution in [0.15, 0.2) is 0 Å². The highest BCUT2D eigenvalue weighted by atomic mass is 32.2. The molecule has 0 aromatic carbocycles. The van der Waals surface area contributed by atoms with E-state index in [9.17, 15) is 8.42 Å². The summed E-state index contributed by atoms with van der Waals surface area (Å²) < 4.78 is 31.0. The molecule has 80 valence electrons. The molecule has 0 aromatic rings. The minimum atomic E-state index is -3.02. The van der Waals surface area contributed by atoms with Crippen LogP contribution < -0.4 is 0 Å². The summed E-state index contributed by atoms with van der Waals surface area (Å²) in [5.74, 6) is 0. The first-order valence-electron chi connectivity index (χ1n) is 5.31. The van der Waals surface area contributed by atoms with Crippen LogP contribution in [-0.2, 0) is 14.8 Å². The van der Waals surface area contributed by atoms with Crippen molar-refractivity contribution in [2.24, 2.45) is 0 Å². The van der Waals surface area contributed by atoms with Gasteiger partial charge in [0.2, 0.25) is 10.0 Å². The number of nitrogens with zero attached hydrogens (tertiary/aromatic N) is 1. The topological polar surface area (TPSA) is 46.4 Å². The summed E-state index contributed by atoms with van der Waals surface area (Å²) in [5, 5.41) is -0.256. The highest BCUT2D eigenvalue weighted by Gasteiger charge is 2.58. The molecular weight excluding hydrogens is 202 g/mol. The van der Waals surface area contributed by atoms with E-state index in [1.165, 1.54) is 6.42 Å². The third-order valence-corrected chi connectivity index (χ3v) is 5.95. The first-order valence-corrected chi connectivity index (χ1v) is 6.81. The molecule has 14 heavy (non-hydrogen) atoms. The summed E-state index contributed by atoms with van der Waals surface area (Å²) in [4.78, 5) is 0. The van der Waals surface area contributed by atoms with Gasteiger partial charge in [-0.25, -0.2) is 8.42 Å². The molecule has 0 N–H and O–H groups in total. The lowest BCUT2D eigenvalue weighted by molar-refractivity contribution is 0.198. The van der Waals surface area contributed by atoms with Crippen molar-refractivity contribution in [3.8, 4) is 0 Å². The number of hydrogen-bond acceptors (Lipinski definition) is 3. The van der Waals surface area contributed by atoms with E-state index in [4.69, 9.17) is 4.74 Å². The molecule has 2 saturated heterocycles. The molecule has 3 aliphatic rings. The Bertz CT molecular complexity index is 324. The Morgan fingerprint density at radius 3 is 2.43 bits per heavy atom. The third kappa shape index (κ3) is 1.15. The van der Waals surface area contributed by atoms with E-state index in [1.807, 2.05) is 0 Å². The second kappa shape index (κ2) is 2.93. The average Bonchev–Trinajstić information content (AvgIpc) is 2.66. The fourth-order valence-corrected chi connectivity index (χ4v) is 4.98. The van der Waals surface area contributed by atoms with Crippen molar-refractivity contribution < 1.29 is 13.2 Å². The van der Waals surface area contributed by atoms with Gasteiger partial charge in [-0.15, -0.1) is 0 Å². The lowest BCUT2D eigenvalue weighted by Crippen LogP contribution is -2.30. The van der Waals surface area contributed by atoms with E-state index in [2.05, 4.69) is 0 Å². The SMILES string of the molecule is O=S(=O)(C1CCOC1)N1C2CCCC21. The highest BCUT2D eigenvalue weighted by Crippen LogP contribution is 2.46. The van der Waals surface area contributed by atoms with E-state index in [-0.39, 0.29) is 5.25 Å². The molecule has 3 rings (SSSR count). The van der Waals surface area contributed by atoms with Gasteiger partial charge < -0.3 is 4.74 Å². The van der Waals surface area contributed by atoms with Crippen molar-refractivity contribution in [2.75, 3.05) is 13.2 Å². The highest BCUT2D eigenvalue weighted by molar-refractivity contribution is 7.90. The van der Waals surface area contributed by atoms with Crippen LogP contribution in [0.25, 0.3) is 0 Å². The smallest absolute Gasteiger partial charge is 0.219 e. The average molecular weight is 217 g/mol. The third-order valence-electron chi connectivity index (χ3n) is 3.61. The molecule has 0 spiro atoms. The zero-order valence-electron chi connectivity index (χ0n) is 8.05. The minimum absolute atomic E-state index is 0.256. The van der Waals surface area contributed by atoms with Gasteiger partial charge >= 0.3 is 0 Å². The fraction of sp³-hybridized carbons (Fsp3) is 1.00. The van der Waals surface area contributed by atoms with E-state index in [1.54, 1.807) is 4.31 Å². The van der Waals surface area contributed by atoms with Gasteiger partial charge in [0.25, 0.3) is 0 Å². The standard InChI is InChI=1S/C9H15NO3S/c11-14(12,7-4-5-13-6-7)10-8-2-1-3-9(8)10/h7-9H,1-6H2. The van der Waals surface area contributed by atoms with Gasteiger partial charge in [-0.1, -0.05) is 6.42 Å². The largest absolute Gasteiger partial charge is 0.380 e. The van der Waals surface area contributed by atoms with Crippen LogP contribution in [0.1, 0.15) is 25.7 Å². The van der Waals surface area contributed by atoms with Crippen LogP contribution in [0, 0.1) is 0 Å². The Morgan fingerprint density at radius 1 is 1.14 bits per heavy atom. The first kappa shape index (κ1) is 9.12. The number of rotatable bonds is 2. The molecule has 1 aliphatic carbocycles. The molecular formula is C9H15NO3S. The van der Waals surface area contributed by atoms with Crippen molar-refractivity contribution >= 4 is 10.0 Å². The molecule has 0 bridgehead atoms. The Balaban J connectivity index is 1.77. The quantitative estimate of drug-likeness (QED) is 0.627. The van der Waals surface area contributed by atoms with Crippen LogP contribution in [0.4, 0.5) is 0 Å². The van der Waals surface area contributed by atoms with Crippen LogP contribution >= 0.6 is 0 Å². The van der Waals surface area contributed by atoms with Gasteiger partial charge in [0.15, 0.2) is 0 Å². The predicted molar refractivity (Wildman–Crippen MR) is 51.4 cm³/mol. The maximum absolute atomic E-state index is 12.1. The van der Waals surface area contributed by atoms with Crippen molar-refractivity contribution in [1.82, 2.24) is 4.31 Å². The van der Waals surface area contributed by atoms with E-state index in [0.717, 1.165) is 12.8 Å². The zero-order valence-corrected chi connectivity index (χ0v) is 8.87. The number of ether oxygens (including phenoxy) is 1. The molecule has 2 aliphatic heterocycles. The van der Waals surface area contributed by atoms with Crippen molar-refractivity contribution in [3.05, 3.63) is 0 Å².